The third-order valence-corrected chi connectivity index (χ3v) is 4.49. The summed E-state index contributed by atoms with van der Waals surface area (Å²) < 4.78 is 27.5. The molecule has 2 N–H and O–H groups in total. The highest BCUT2D eigenvalue weighted by atomic mass is 32.2. The summed E-state index contributed by atoms with van der Waals surface area (Å²) in [6, 6.07) is 0. The van der Waals surface area contributed by atoms with Crippen molar-refractivity contribution in [2.24, 2.45) is 11.3 Å². The molecule has 0 aromatic heterocycles. The maximum Gasteiger partial charge on any atom is 0.307 e. The van der Waals surface area contributed by atoms with Gasteiger partial charge < -0.3 is 5.11 Å². The summed E-state index contributed by atoms with van der Waals surface area (Å²) in [5.74, 6) is -1.69. The summed E-state index contributed by atoms with van der Waals surface area (Å²) in [6.07, 6.45) is 2.10. The summed E-state index contributed by atoms with van der Waals surface area (Å²) in [5, 5.41) is 9.17. The first-order chi connectivity index (χ1) is 8.99. The molecular formula is C13H28N2O4S. The number of carboxylic acid groups (broad SMARTS) is 1. The third-order valence-electron chi connectivity index (χ3n) is 2.96. The molecule has 0 radical (unpaired) electrons. The number of hydrogen-bond donors (Lipinski definition) is 2. The Labute approximate surface area is 122 Å². The first-order valence-corrected chi connectivity index (χ1v) is 8.37. The molecule has 0 aromatic carbocycles. The van der Waals surface area contributed by atoms with Crippen molar-refractivity contribution in [2.45, 2.75) is 47.0 Å². The van der Waals surface area contributed by atoms with Crippen molar-refractivity contribution in [1.82, 2.24) is 9.03 Å². The molecule has 6 nitrogen and oxygen atoms in total. The van der Waals surface area contributed by atoms with E-state index in [0.717, 1.165) is 12.8 Å². The largest absolute Gasteiger partial charge is 0.481 e. The second-order valence-corrected chi connectivity index (χ2v) is 8.19. The van der Waals surface area contributed by atoms with Gasteiger partial charge in [-0.1, -0.05) is 34.1 Å². The fourth-order valence-corrected chi connectivity index (χ4v) is 2.80. The van der Waals surface area contributed by atoms with E-state index in [1.165, 1.54) is 11.4 Å². The third kappa shape index (κ3) is 7.81. The van der Waals surface area contributed by atoms with Crippen LogP contribution in [-0.2, 0) is 15.0 Å². The van der Waals surface area contributed by atoms with Crippen molar-refractivity contribution in [3.63, 3.8) is 0 Å². The van der Waals surface area contributed by atoms with Gasteiger partial charge >= 0.3 is 5.97 Å². The molecule has 0 aromatic rings. The zero-order valence-corrected chi connectivity index (χ0v) is 14.0. The van der Waals surface area contributed by atoms with Crippen molar-refractivity contribution in [3.8, 4) is 0 Å². The lowest BCUT2D eigenvalue weighted by Gasteiger charge is -2.24. The molecule has 120 valence electrons. The van der Waals surface area contributed by atoms with Crippen molar-refractivity contribution in [2.75, 3.05) is 20.1 Å². The van der Waals surface area contributed by atoms with Crippen LogP contribution in [0.2, 0.25) is 0 Å². The number of rotatable bonds is 9. The SMILES string of the molecule is CCCCN(C)S(=O)(=O)NCC(CC(C)(C)C)C(=O)O. The zero-order chi connectivity index (χ0) is 16.0. The Morgan fingerprint density at radius 2 is 1.90 bits per heavy atom. The molecule has 0 saturated carbocycles. The normalized spacial score (nSPS) is 14.5. The lowest BCUT2D eigenvalue weighted by Crippen LogP contribution is -2.42. The van der Waals surface area contributed by atoms with E-state index < -0.39 is 22.1 Å². The Hall–Kier alpha value is -0.660. The average molecular weight is 308 g/mol. The Kier molecular flexibility index (Phi) is 7.69. The smallest absolute Gasteiger partial charge is 0.307 e. The van der Waals surface area contributed by atoms with Crippen LogP contribution in [0.4, 0.5) is 0 Å². The molecule has 0 spiro atoms. The van der Waals surface area contributed by atoms with Gasteiger partial charge in [-0.05, 0) is 18.3 Å². The molecule has 0 heterocycles. The summed E-state index contributed by atoms with van der Waals surface area (Å²) in [4.78, 5) is 11.2. The fourth-order valence-electron chi connectivity index (χ4n) is 1.80. The van der Waals surface area contributed by atoms with Gasteiger partial charge in [-0.15, -0.1) is 0 Å². The summed E-state index contributed by atoms with van der Waals surface area (Å²) in [7, 11) is -2.10. The van der Waals surface area contributed by atoms with Gasteiger partial charge in [-0.25, -0.2) is 4.72 Å². The molecule has 7 heteroatoms. The van der Waals surface area contributed by atoms with Crippen LogP contribution in [0.5, 0.6) is 0 Å². The van der Waals surface area contributed by atoms with E-state index in [0.29, 0.717) is 13.0 Å². The number of carboxylic acids is 1. The molecule has 0 aliphatic rings. The van der Waals surface area contributed by atoms with Crippen LogP contribution in [0.3, 0.4) is 0 Å². The Balaban J connectivity index is 4.58. The molecule has 0 aliphatic heterocycles. The van der Waals surface area contributed by atoms with E-state index in [-0.39, 0.29) is 12.0 Å². The monoisotopic (exact) mass is 308 g/mol. The Morgan fingerprint density at radius 1 is 1.35 bits per heavy atom. The number of nitrogens with one attached hydrogen (secondary N) is 1. The summed E-state index contributed by atoms with van der Waals surface area (Å²) in [5.41, 5.74) is -0.164. The molecule has 1 atom stereocenters. The molecule has 0 bridgehead atoms. The van der Waals surface area contributed by atoms with E-state index in [2.05, 4.69) is 4.72 Å². The highest BCUT2D eigenvalue weighted by Gasteiger charge is 2.27. The van der Waals surface area contributed by atoms with Gasteiger partial charge in [-0.3, -0.25) is 4.79 Å². The van der Waals surface area contributed by atoms with E-state index in [1.54, 1.807) is 0 Å². The minimum Gasteiger partial charge on any atom is -0.481 e. The number of unbranched alkanes of at least 4 members (excludes halogenated alkanes) is 1. The summed E-state index contributed by atoms with van der Waals surface area (Å²) in [6.45, 7) is 8.15. The molecule has 0 fully saturated rings. The highest BCUT2D eigenvalue weighted by molar-refractivity contribution is 7.87. The lowest BCUT2D eigenvalue weighted by atomic mass is 9.85. The Morgan fingerprint density at radius 3 is 2.30 bits per heavy atom. The molecular weight excluding hydrogens is 280 g/mol. The van der Waals surface area contributed by atoms with Crippen molar-refractivity contribution < 1.29 is 18.3 Å². The van der Waals surface area contributed by atoms with Gasteiger partial charge in [0.1, 0.15) is 0 Å². The van der Waals surface area contributed by atoms with E-state index in [4.69, 9.17) is 5.11 Å². The van der Waals surface area contributed by atoms with Crippen LogP contribution >= 0.6 is 0 Å². The quantitative estimate of drug-likeness (QED) is 0.678. The van der Waals surface area contributed by atoms with Crippen LogP contribution < -0.4 is 4.72 Å². The number of nitrogens with zero attached hydrogens (tertiary/aromatic N) is 1. The molecule has 0 rings (SSSR count). The topological polar surface area (TPSA) is 86.7 Å². The van der Waals surface area contributed by atoms with Gasteiger partial charge in [-0.2, -0.15) is 12.7 Å². The lowest BCUT2D eigenvalue weighted by molar-refractivity contribution is -0.142. The van der Waals surface area contributed by atoms with E-state index in [1.807, 2.05) is 27.7 Å². The van der Waals surface area contributed by atoms with Crippen LogP contribution in [0.15, 0.2) is 0 Å². The van der Waals surface area contributed by atoms with Crippen molar-refractivity contribution >= 4 is 16.2 Å². The number of aliphatic carboxylic acids is 1. The van der Waals surface area contributed by atoms with Gasteiger partial charge in [0, 0.05) is 20.1 Å². The average Bonchev–Trinajstić information content (AvgIpc) is 2.29. The molecule has 1 unspecified atom stereocenters. The highest BCUT2D eigenvalue weighted by Crippen LogP contribution is 2.24. The van der Waals surface area contributed by atoms with Crippen LogP contribution in [0.1, 0.15) is 47.0 Å². The van der Waals surface area contributed by atoms with Gasteiger partial charge in [0.25, 0.3) is 10.2 Å². The van der Waals surface area contributed by atoms with Gasteiger partial charge in [0.2, 0.25) is 0 Å². The van der Waals surface area contributed by atoms with Gasteiger partial charge in [0.15, 0.2) is 0 Å². The van der Waals surface area contributed by atoms with E-state index >= 15 is 0 Å². The van der Waals surface area contributed by atoms with Crippen molar-refractivity contribution in [3.05, 3.63) is 0 Å². The number of carbonyl (C=O) groups is 1. The van der Waals surface area contributed by atoms with Crippen LogP contribution in [0, 0.1) is 11.3 Å². The molecule has 20 heavy (non-hydrogen) atoms. The second-order valence-electron chi connectivity index (χ2n) is 6.33. The summed E-state index contributed by atoms with van der Waals surface area (Å²) >= 11 is 0. The first-order valence-electron chi connectivity index (χ1n) is 6.93. The fraction of sp³-hybridized carbons (Fsp3) is 0.923. The molecule has 0 amide bonds. The predicted molar refractivity (Wildman–Crippen MR) is 79.7 cm³/mol. The second kappa shape index (κ2) is 7.95. The molecule has 0 aliphatic carbocycles. The minimum absolute atomic E-state index is 0.0780. The van der Waals surface area contributed by atoms with Crippen LogP contribution in [0.25, 0.3) is 0 Å². The first kappa shape index (κ1) is 19.3. The van der Waals surface area contributed by atoms with Crippen LogP contribution in [-0.4, -0.2) is 43.9 Å². The maximum absolute atomic E-state index is 12.0. The zero-order valence-electron chi connectivity index (χ0n) is 13.1. The number of hydrogen-bond acceptors (Lipinski definition) is 3. The standard InChI is InChI=1S/C13H28N2O4S/c1-6-7-8-15(5)20(18,19)14-10-11(12(16)17)9-13(2,3)4/h11,14H,6-10H2,1-5H3,(H,16,17). The van der Waals surface area contributed by atoms with E-state index in [9.17, 15) is 13.2 Å². The maximum atomic E-state index is 12.0. The van der Waals surface area contributed by atoms with Crippen molar-refractivity contribution in [1.29, 1.82) is 0 Å². The molecule has 0 saturated heterocycles. The predicted octanol–water partition coefficient (Wildman–Crippen LogP) is 1.69. The van der Waals surface area contributed by atoms with Gasteiger partial charge in [0.05, 0.1) is 5.92 Å². The Bertz CT molecular complexity index is 401. The minimum atomic E-state index is -3.60.